The van der Waals surface area contributed by atoms with Crippen LogP contribution >= 0.6 is 0 Å². The monoisotopic (exact) mass is 206 g/mol. The number of phenols is 1. The van der Waals surface area contributed by atoms with Crippen LogP contribution in [0.2, 0.25) is 0 Å². The third-order valence-corrected chi connectivity index (χ3v) is 2.30. The predicted octanol–water partition coefficient (Wildman–Crippen LogP) is 0.886. The van der Waals surface area contributed by atoms with Gasteiger partial charge in [0.25, 0.3) is 0 Å². The second-order valence-electron chi connectivity index (χ2n) is 3.51. The Hall–Kier alpha value is -1.55. The first kappa shape index (κ1) is 9.98. The maximum absolute atomic E-state index is 9.31. The fourth-order valence-corrected chi connectivity index (χ4v) is 1.55. The smallest absolute Gasteiger partial charge is 0.216 e. The van der Waals surface area contributed by atoms with E-state index in [9.17, 15) is 5.11 Å². The fourth-order valence-electron chi connectivity index (χ4n) is 1.55. The van der Waals surface area contributed by atoms with Crippen LogP contribution in [0, 0.1) is 0 Å². The summed E-state index contributed by atoms with van der Waals surface area (Å²) in [6.07, 6.45) is 0.901. The number of aliphatic imine (C=N–C) groups is 1. The highest BCUT2D eigenvalue weighted by atomic mass is 16.5. The summed E-state index contributed by atoms with van der Waals surface area (Å²) >= 11 is 0. The molecule has 80 valence electrons. The van der Waals surface area contributed by atoms with Gasteiger partial charge in [-0.2, -0.15) is 0 Å². The average Bonchev–Trinajstić information content (AvgIpc) is 2.67. The van der Waals surface area contributed by atoms with E-state index in [1.54, 1.807) is 18.2 Å². The van der Waals surface area contributed by atoms with Gasteiger partial charge in [-0.1, -0.05) is 6.07 Å². The van der Waals surface area contributed by atoms with Gasteiger partial charge < -0.3 is 15.6 Å². The third-order valence-electron chi connectivity index (χ3n) is 2.30. The van der Waals surface area contributed by atoms with Gasteiger partial charge in [0.1, 0.15) is 11.9 Å². The van der Waals surface area contributed by atoms with Gasteiger partial charge in [-0.05, 0) is 31.2 Å². The van der Waals surface area contributed by atoms with Crippen molar-refractivity contribution in [3.8, 4) is 5.75 Å². The van der Waals surface area contributed by atoms with Crippen molar-refractivity contribution in [1.29, 1.82) is 0 Å². The van der Waals surface area contributed by atoms with Gasteiger partial charge in [-0.25, -0.2) is 4.99 Å². The first-order chi connectivity index (χ1) is 7.29. The zero-order valence-electron chi connectivity index (χ0n) is 8.39. The molecule has 3 N–H and O–H groups in total. The SMILES string of the molecule is NCCC1CN=C(c2cccc(O)c2)O1. The zero-order chi connectivity index (χ0) is 10.7. The van der Waals surface area contributed by atoms with Gasteiger partial charge in [0.15, 0.2) is 0 Å². The summed E-state index contributed by atoms with van der Waals surface area (Å²) in [6.45, 7) is 1.26. The van der Waals surface area contributed by atoms with Crippen LogP contribution in [0.25, 0.3) is 0 Å². The Morgan fingerprint density at radius 2 is 2.40 bits per heavy atom. The largest absolute Gasteiger partial charge is 0.508 e. The van der Waals surface area contributed by atoms with Gasteiger partial charge in [0, 0.05) is 5.56 Å². The van der Waals surface area contributed by atoms with Crippen molar-refractivity contribution in [3.63, 3.8) is 0 Å². The van der Waals surface area contributed by atoms with E-state index >= 15 is 0 Å². The van der Waals surface area contributed by atoms with Gasteiger partial charge in [0.05, 0.1) is 6.54 Å². The van der Waals surface area contributed by atoms with Crippen LogP contribution in [0.5, 0.6) is 5.75 Å². The van der Waals surface area contributed by atoms with Crippen molar-refractivity contribution in [2.45, 2.75) is 12.5 Å². The Balaban J connectivity index is 2.07. The molecule has 1 heterocycles. The number of ether oxygens (including phenoxy) is 1. The molecule has 1 aliphatic rings. The summed E-state index contributed by atoms with van der Waals surface area (Å²) in [7, 11) is 0. The molecule has 2 rings (SSSR count). The van der Waals surface area contributed by atoms with Gasteiger partial charge in [-0.15, -0.1) is 0 Å². The van der Waals surface area contributed by atoms with E-state index in [1.165, 1.54) is 0 Å². The number of aromatic hydroxyl groups is 1. The van der Waals surface area contributed by atoms with Crippen molar-refractivity contribution >= 4 is 5.90 Å². The molecule has 4 heteroatoms. The van der Waals surface area contributed by atoms with E-state index in [2.05, 4.69) is 4.99 Å². The van der Waals surface area contributed by atoms with E-state index in [-0.39, 0.29) is 11.9 Å². The lowest BCUT2D eigenvalue weighted by Crippen LogP contribution is -2.18. The zero-order valence-corrected chi connectivity index (χ0v) is 8.39. The molecule has 1 aromatic carbocycles. The molecule has 1 aromatic rings. The highest BCUT2D eigenvalue weighted by Gasteiger charge is 2.20. The quantitative estimate of drug-likeness (QED) is 0.771. The predicted molar refractivity (Wildman–Crippen MR) is 58.1 cm³/mol. The molecule has 0 saturated heterocycles. The molecule has 1 atom stereocenters. The fraction of sp³-hybridized carbons (Fsp3) is 0.364. The molecule has 4 nitrogen and oxygen atoms in total. The Kier molecular flexibility index (Phi) is 2.87. The van der Waals surface area contributed by atoms with Crippen LogP contribution in [0.15, 0.2) is 29.3 Å². The number of phenolic OH excluding ortho intramolecular Hbond substituents is 1. The number of nitrogens with two attached hydrogens (primary N) is 1. The summed E-state index contributed by atoms with van der Waals surface area (Å²) in [5.74, 6) is 0.824. The minimum atomic E-state index is 0.0901. The first-order valence-electron chi connectivity index (χ1n) is 5.00. The Morgan fingerprint density at radius 3 is 3.13 bits per heavy atom. The average molecular weight is 206 g/mol. The molecule has 15 heavy (non-hydrogen) atoms. The number of rotatable bonds is 3. The van der Waals surface area contributed by atoms with Crippen LogP contribution in [-0.4, -0.2) is 30.2 Å². The van der Waals surface area contributed by atoms with Crippen molar-refractivity contribution in [2.75, 3.05) is 13.1 Å². The molecule has 0 aromatic heterocycles. The van der Waals surface area contributed by atoms with Crippen LogP contribution in [0.4, 0.5) is 0 Å². The molecule has 0 saturated carbocycles. The Bertz CT molecular complexity index is 377. The molecule has 1 unspecified atom stereocenters. The number of hydrogen-bond donors (Lipinski definition) is 2. The number of benzene rings is 1. The van der Waals surface area contributed by atoms with Crippen LogP contribution in [-0.2, 0) is 4.74 Å². The second kappa shape index (κ2) is 4.31. The van der Waals surface area contributed by atoms with Crippen LogP contribution < -0.4 is 5.73 Å². The van der Waals surface area contributed by atoms with E-state index < -0.39 is 0 Å². The van der Waals surface area contributed by atoms with E-state index in [1.807, 2.05) is 6.07 Å². The van der Waals surface area contributed by atoms with Crippen LogP contribution in [0.3, 0.4) is 0 Å². The maximum Gasteiger partial charge on any atom is 0.216 e. The Labute approximate surface area is 88.4 Å². The highest BCUT2D eigenvalue weighted by Crippen LogP contribution is 2.17. The van der Waals surface area contributed by atoms with E-state index in [0.717, 1.165) is 12.0 Å². The lowest BCUT2D eigenvalue weighted by atomic mass is 10.2. The minimum Gasteiger partial charge on any atom is -0.508 e. The second-order valence-corrected chi connectivity index (χ2v) is 3.51. The molecule has 0 amide bonds. The molecule has 0 aliphatic carbocycles. The highest BCUT2D eigenvalue weighted by molar-refractivity contribution is 5.95. The van der Waals surface area contributed by atoms with Crippen LogP contribution in [0.1, 0.15) is 12.0 Å². The van der Waals surface area contributed by atoms with Crippen molar-refractivity contribution < 1.29 is 9.84 Å². The molecule has 1 aliphatic heterocycles. The van der Waals surface area contributed by atoms with Gasteiger partial charge >= 0.3 is 0 Å². The van der Waals surface area contributed by atoms with Gasteiger partial charge in [-0.3, -0.25) is 0 Å². The molecular formula is C11H14N2O2. The molecule has 0 fully saturated rings. The third kappa shape index (κ3) is 2.27. The maximum atomic E-state index is 9.31. The summed E-state index contributed by atoms with van der Waals surface area (Å²) in [4.78, 5) is 4.27. The van der Waals surface area contributed by atoms with Crippen molar-refractivity contribution in [3.05, 3.63) is 29.8 Å². The Morgan fingerprint density at radius 1 is 1.53 bits per heavy atom. The lowest BCUT2D eigenvalue weighted by molar-refractivity contribution is 0.216. The number of hydrogen-bond acceptors (Lipinski definition) is 4. The summed E-state index contributed by atoms with van der Waals surface area (Å²) < 4.78 is 5.60. The van der Waals surface area contributed by atoms with Gasteiger partial charge in [0.2, 0.25) is 5.90 Å². The molecule has 0 spiro atoms. The summed E-state index contributed by atoms with van der Waals surface area (Å²) in [5.41, 5.74) is 6.26. The molecule has 0 bridgehead atoms. The van der Waals surface area contributed by atoms with Crippen molar-refractivity contribution in [2.24, 2.45) is 10.7 Å². The standard InChI is InChI=1S/C11H14N2O2/c12-5-4-10-7-13-11(15-10)8-2-1-3-9(14)6-8/h1-3,6,10,14H,4-5,7,12H2. The summed E-state index contributed by atoms with van der Waals surface area (Å²) in [6, 6.07) is 6.90. The number of nitrogens with zero attached hydrogens (tertiary/aromatic N) is 1. The lowest BCUT2D eigenvalue weighted by Gasteiger charge is -2.09. The minimum absolute atomic E-state index is 0.0901. The molecular weight excluding hydrogens is 192 g/mol. The normalized spacial score (nSPS) is 19.8. The molecule has 0 radical (unpaired) electrons. The summed E-state index contributed by atoms with van der Waals surface area (Å²) in [5, 5.41) is 9.31. The van der Waals surface area contributed by atoms with Crippen molar-refractivity contribution in [1.82, 2.24) is 0 Å². The topological polar surface area (TPSA) is 67.8 Å². The first-order valence-corrected chi connectivity index (χ1v) is 5.00. The van der Waals surface area contributed by atoms with E-state index in [0.29, 0.717) is 19.0 Å². The van der Waals surface area contributed by atoms with E-state index in [4.69, 9.17) is 10.5 Å².